The van der Waals surface area contributed by atoms with Crippen molar-refractivity contribution >= 4 is 29.2 Å². The second-order valence-electron chi connectivity index (χ2n) is 6.77. The van der Waals surface area contributed by atoms with Gasteiger partial charge in [-0.25, -0.2) is 4.79 Å². The van der Waals surface area contributed by atoms with Crippen LogP contribution >= 0.6 is 11.6 Å². The number of methoxy groups -OCH3 is 2. The number of para-hydroxylation sites is 1. The third-order valence-corrected chi connectivity index (χ3v) is 5.04. The van der Waals surface area contributed by atoms with Gasteiger partial charge in [0.05, 0.1) is 30.5 Å². The number of benzene rings is 2. The summed E-state index contributed by atoms with van der Waals surface area (Å²) in [5.74, 6) is -0.362. The molecule has 1 aromatic heterocycles. The van der Waals surface area contributed by atoms with Crippen molar-refractivity contribution in [3.8, 4) is 17.2 Å². The number of carbonyl (C=O) groups excluding carboxylic acids is 2. The topological polar surface area (TPSA) is 78.8 Å². The number of hydrogen-bond acceptors (Lipinski definition) is 5. The Morgan fingerprint density at radius 2 is 1.68 bits per heavy atom. The van der Waals surface area contributed by atoms with E-state index < -0.39 is 18.5 Å². The largest absolute Gasteiger partial charge is 0.495 e. The van der Waals surface area contributed by atoms with Crippen molar-refractivity contribution in [3.63, 3.8) is 0 Å². The van der Waals surface area contributed by atoms with Crippen LogP contribution in [-0.4, -0.2) is 37.3 Å². The fourth-order valence-corrected chi connectivity index (χ4v) is 3.53. The average molecular weight is 443 g/mol. The van der Waals surface area contributed by atoms with Crippen molar-refractivity contribution in [1.29, 1.82) is 0 Å². The minimum atomic E-state index is -0.578. The minimum absolute atomic E-state index is 0.345. The number of nitrogens with zero attached hydrogens (tertiary/aromatic N) is 1. The predicted molar refractivity (Wildman–Crippen MR) is 119 cm³/mol. The van der Waals surface area contributed by atoms with Gasteiger partial charge in [-0.3, -0.25) is 4.79 Å². The molecule has 8 heteroatoms. The third kappa shape index (κ3) is 4.83. The molecule has 3 rings (SSSR count). The Morgan fingerprint density at radius 1 is 1.00 bits per heavy atom. The van der Waals surface area contributed by atoms with Crippen molar-refractivity contribution in [1.82, 2.24) is 4.57 Å². The molecule has 7 nitrogen and oxygen atoms in total. The number of ether oxygens (including phenoxy) is 3. The van der Waals surface area contributed by atoms with E-state index in [-0.39, 0.29) is 0 Å². The lowest BCUT2D eigenvalue weighted by atomic mass is 10.2. The molecule has 1 heterocycles. The van der Waals surface area contributed by atoms with E-state index in [1.54, 1.807) is 6.07 Å². The third-order valence-electron chi connectivity index (χ3n) is 4.75. The van der Waals surface area contributed by atoms with E-state index in [1.807, 2.05) is 48.7 Å². The number of aromatic nitrogens is 1. The Balaban J connectivity index is 1.70. The molecule has 31 heavy (non-hydrogen) atoms. The number of rotatable bonds is 7. The van der Waals surface area contributed by atoms with E-state index in [4.69, 9.17) is 25.8 Å². The summed E-state index contributed by atoms with van der Waals surface area (Å²) in [6.07, 6.45) is 0. The molecule has 1 amide bonds. The van der Waals surface area contributed by atoms with Crippen LogP contribution in [0.15, 0.2) is 48.5 Å². The number of nitrogens with one attached hydrogen (secondary N) is 1. The van der Waals surface area contributed by atoms with Gasteiger partial charge in [0.15, 0.2) is 6.61 Å². The standard InChI is InChI=1S/C23H23ClN2O5/c1-14-10-17(15(2)26(14)16-8-6-5-7-9-16)23(28)31-13-22(27)25-19-12-20(29-3)18(24)11-21(19)30-4/h5-12H,13H2,1-4H3,(H,25,27). The van der Waals surface area contributed by atoms with Gasteiger partial charge in [0.2, 0.25) is 0 Å². The molecule has 0 saturated carbocycles. The Labute approximate surface area is 185 Å². The highest BCUT2D eigenvalue weighted by Crippen LogP contribution is 2.35. The number of amides is 1. The van der Waals surface area contributed by atoms with Gasteiger partial charge in [-0.15, -0.1) is 0 Å². The monoisotopic (exact) mass is 442 g/mol. The molecule has 0 fully saturated rings. The first-order valence-electron chi connectivity index (χ1n) is 9.48. The van der Waals surface area contributed by atoms with Crippen molar-refractivity contribution in [3.05, 3.63) is 70.5 Å². The highest BCUT2D eigenvalue weighted by molar-refractivity contribution is 6.32. The number of carbonyl (C=O) groups is 2. The number of esters is 1. The first-order chi connectivity index (χ1) is 14.8. The van der Waals surface area contributed by atoms with Crippen molar-refractivity contribution in [2.24, 2.45) is 0 Å². The van der Waals surface area contributed by atoms with Crippen molar-refractivity contribution < 1.29 is 23.8 Å². The van der Waals surface area contributed by atoms with Crippen LogP contribution in [0, 0.1) is 13.8 Å². The fourth-order valence-electron chi connectivity index (χ4n) is 3.30. The predicted octanol–water partition coefficient (Wildman–Crippen LogP) is 4.56. The molecule has 2 aromatic carbocycles. The highest BCUT2D eigenvalue weighted by atomic mass is 35.5. The highest BCUT2D eigenvalue weighted by Gasteiger charge is 2.19. The van der Waals surface area contributed by atoms with Gasteiger partial charge in [0.1, 0.15) is 11.5 Å². The van der Waals surface area contributed by atoms with Crippen LogP contribution in [0.25, 0.3) is 5.69 Å². The Morgan fingerprint density at radius 3 is 2.32 bits per heavy atom. The van der Waals surface area contributed by atoms with E-state index in [0.29, 0.717) is 27.8 Å². The summed E-state index contributed by atoms with van der Waals surface area (Å²) >= 11 is 6.07. The summed E-state index contributed by atoms with van der Waals surface area (Å²) in [7, 11) is 2.92. The lowest BCUT2D eigenvalue weighted by Crippen LogP contribution is -2.21. The summed E-state index contributed by atoms with van der Waals surface area (Å²) in [6, 6.07) is 14.5. The zero-order valence-corrected chi connectivity index (χ0v) is 18.4. The molecule has 1 N–H and O–H groups in total. The molecule has 0 aliphatic heterocycles. The maximum absolute atomic E-state index is 12.6. The Kier molecular flexibility index (Phi) is 6.87. The fraction of sp³-hybridized carbons (Fsp3) is 0.217. The number of halogens is 1. The first kappa shape index (κ1) is 22.2. The van der Waals surface area contributed by atoms with Crippen LogP contribution in [0.5, 0.6) is 11.5 Å². The smallest absolute Gasteiger partial charge is 0.340 e. The number of anilines is 1. The van der Waals surface area contributed by atoms with Gasteiger partial charge in [0, 0.05) is 29.2 Å². The van der Waals surface area contributed by atoms with Crippen LogP contribution in [0.1, 0.15) is 21.7 Å². The van der Waals surface area contributed by atoms with Crippen LogP contribution in [0.4, 0.5) is 5.69 Å². The lowest BCUT2D eigenvalue weighted by molar-refractivity contribution is -0.119. The zero-order chi connectivity index (χ0) is 22.5. The molecule has 0 radical (unpaired) electrons. The SMILES string of the molecule is COc1cc(NC(=O)COC(=O)c2cc(C)n(-c3ccccc3)c2C)c(OC)cc1Cl. The van der Waals surface area contributed by atoms with E-state index >= 15 is 0 Å². The molecular formula is C23H23ClN2O5. The quantitative estimate of drug-likeness (QED) is 0.542. The van der Waals surface area contributed by atoms with Gasteiger partial charge < -0.3 is 24.1 Å². The van der Waals surface area contributed by atoms with Gasteiger partial charge in [-0.1, -0.05) is 29.8 Å². The van der Waals surface area contributed by atoms with Crippen molar-refractivity contribution in [2.75, 3.05) is 26.1 Å². The molecule has 0 saturated heterocycles. The summed E-state index contributed by atoms with van der Waals surface area (Å²) < 4.78 is 17.6. The van der Waals surface area contributed by atoms with Crippen LogP contribution in [0.2, 0.25) is 5.02 Å². The molecule has 0 aliphatic rings. The average Bonchev–Trinajstić information content (AvgIpc) is 3.07. The number of hydrogen-bond donors (Lipinski definition) is 1. The maximum atomic E-state index is 12.6. The number of aryl methyl sites for hydroxylation is 1. The molecule has 3 aromatic rings. The van der Waals surface area contributed by atoms with Gasteiger partial charge in [-0.05, 0) is 32.0 Å². The zero-order valence-electron chi connectivity index (χ0n) is 17.7. The molecule has 0 bridgehead atoms. The Hall–Kier alpha value is -3.45. The first-order valence-corrected chi connectivity index (χ1v) is 9.86. The molecule has 0 atom stereocenters. The second kappa shape index (κ2) is 9.57. The van der Waals surface area contributed by atoms with E-state index in [1.165, 1.54) is 26.4 Å². The van der Waals surface area contributed by atoms with Crippen LogP contribution in [0.3, 0.4) is 0 Å². The Bertz CT molecular complexity index is 1110. The normalized spacial score (nSPS) is 10.5. The summed E-state index contributed by atoms with van der Waals surface area (Å²) in [6.45, 7) is 3.28. The van der Waals surface area contributed by atoms with E-state index in [2.05, 4.69) is 5.32 Å². The van der Waals surface area contributed by atoms with E-state index in [0.717, 1.165) is 17.1 Å². The summed E-state index contributed by atoms with van der Waals surface area (Å²) in [5, 5.41) is 2.99. The van der Waals surface area contributed by atoms with Crippen LogP contribution in [-0.2, 0) is 9.53 Å². The second-order valence-corrected chi connectivity index (χ2v) is 7.17. The minimum Gasteiger partial charge on any atom is -0.495 e. The van der Waals surface area contributed by atoms with Crippen molar-refractivity contribution in [2.45, 2.75) is 13.8 Å². The summed E-state index contributed by atoms with van der Waals surface area (Å²) in [5.41, 5.74) is 3.32. The lowest BCUT2D eigenvalue weighted by Gasteiger charge is -2.13. The maximum Gasteiger partial charge on any atom is 0.340 e. The van der Waals surface area contributed by atoms with Gasteiger partial charge >= 0.3 is 5.97 Å². The molecule has 162 valence electrons. The summed E-state index contributed by atoms with van der Waals surface area (Å²) in [4.78, 5) is 25.0. The molecule has 0 spiro atoms. The molecular weight excluding hydrogens is 420 g/mol. The van der Waals surface area contributed by atoms with E-state index in [9.17, 15) is 9.59 Å². The molecule has 0 unspecified atom stereocenters. The van der Waals surface area contributed by atoms with Gasteiger partial charge in [-0.2, -0.15) is 0 Å². The van der Waals surface area contributed by atoms with Gasteiger partial charge in [0.25, 0.3) is 5.91 Å². The molecule has 0 aliphatic carbocycles. The van der Waals surface area contributed by atoms with Crippen LogP contribution < -0.4 is 14.8 Å².